The summed E-state index contributed by atoms with van der Waals surface area (Å²) in [5.41, 5.74) is 5.47. The summed E-state index contributed by atoms with van der Waals surface area (Å²) in [7, 11) is 1.65. The molecule has 0 saturated carbocycles. The van der Waals surface area contributed by atoms with Crippen LogP contribution in [-0.4, -0.2) is 50.4 Å². The van der Waals surface area contributed by atoms with Gasteiger partial charge in [0, 0.05) is 12.6 Å². The van der Waals surface area contributed by atoms with Crippen LogP contribution in [0.25, 0.3) is 11.9 Å². The first-order valence-electron chi connectivity index (χ1n) is 9.97. The average molecular weight is 470 g/mol. The van der Waals surface area contributed by atoms with Gasteiger partial charge < -0.3 is 15.4 Å². The van der Waals surface area contributed by atoms with Crippen LogP contribution in [0, 0.1) is 18.2 Å². The van der Waals surface area contributed by atoms with Crippen molar-refractivity contribution in [3.8, 4) is 18.2 Å². The molecule has 4 rings (SSSR count). The van der Waals surface area contributed by atoms with Crippen molar-refractivity contribution in [2.24, 2.45) is 10.7 Å². The normalized spacial score (nSPS) is 26.7. The Morgan fingerprint density at radius 3 is 2.82 bits per heavy atom. The van der Waals surface area contributed by atoms with Crippen LogP contribution in [0.15, 0.2) is 35.6 Å². The van der Waals surface area contributed by atoms with Gasteiger partial charge in [-0.3, -0.25) is 4.79 Å². The highest BCUT2D eigenvalue weighted by Crippen LogP contribution is 2.54. The Morgan fingerprint density at radius 1 is 1.39 bits per heavy atom. The highest BCUT2D eigenvalue weighted by Gasteiger charge is 2.66. The molecule has 2 aliphatic rings. The van der Waals surface area contributed by atoms with Gasteiger partial charge in [0.1, 0.15) is 21.8 Å². The Labute approximate surface area is 194 Å². The summed E-state index contributed by atoms with van der Waals surface area (Å²) in [6.45, 7) is 3.53. The van der Waals surface area contributed by atoms with E-state index < -0.39 is 28.0 Å². The minimum absolute atomic E-state index is 0.0200. The summed E-state index contributed by atoms with van der Waals surface area (Å²) in [5.74, 6) is 1.18. The number of hydrogen-bond acceptors (Lipinski definition) is 7. The first-order valence-corrected chi connectivity index (χ1v) is 10.8. The molecule has 7 nitrogen and oxygen atoms in total. The zero-order chi connectivity index (χ0) is 24.0. The van der Waals surface area contributed by atoms with Crippen molar-refractivity contribution in [1.29, 1.82) is 0 Å². The number of ether oxygens (including phenoxy) is 1. The number of terminal acetylenes is 1. The maximum absolute atomic E-state index is 15.0. The maximum atomic E-state index is 15.0. The predicted molar refractivity (Wildman–Crippen MR) is 123 cm³/mol. The highest BCUT2D eigenvalue weighted by molar-refractivity contribution is 8.15. The number of likely N-dealkylation sites (N-methyl/N-ethyl adjacent to an activating group) is 1. The Bertz CT molecular complexity index is 1230. The SMILES string of the molecule is C#CCOc1cnc(/C(F)=C/c2ccc(F)c([C@@]3(C)N=C(N)S[C@]4(C)C(=O)N(C)[C@H]43)c2)cn1. The standard InChI is InChI=1S/C23H21F2N5O2S/c1-5-8-32-18-12-27-17(11-28-18)16(25)10-13-6-7-15(24)14(9-13)22(2)19-23(3,20(31)30(19)4)33-21(26)29-22/h1,6-7,9-12,19H,8H2,2-4H3,(H2,26,29)/b16-10-/t19-,22+,23-/m0/s1. The highest BCUT2D eigenvalue weighted by atomic mass is 32.2. The van der Waals surface area contributed by atoms with E-state index in [0.717, 1.165) is 0 Å². The fraction of sp³-hybridized carbons (Fsp3) is 0.304. The number of β-lactam (4-membered cyclic amide) rings is 1. The fourth-order valence-electron chi connectivity index (χ4n) is 4.51. The Morgan fingerprint density at radius 2 is 2.15 bits per heavy atom. The molecule has 1 amide bonds. The van der Waals surface area contributed by atoms with Crippen molar-refractivity contribution >= 4 is 34.7 Å². The third-order valence-electron chi connectivity index (χ3n) is 5.85. The smallest absolute Gasteiger partial charge is 0.241 e. The number of carbonyl (C=O) groups excluding carboxylic acids is 1. The van der Waals surface area contributed by atoms with E-state index in [0.29, 0.717) is 5.56 Å². The molecule has 1 fully saturated rings. The Hall–Kier alpha value is -3.45. The number of aliphatic imine (C=N–C) groups is 1. The van der Waals surface area contributed by atoms with E-state index in [1.54, 1.807) is 25.8 Å². The topological polar surface area (TPSA) is 93.7 Å². The lowest BCUT2D eigenvalue weighted by atomic mass is 9.71. The number of likely N-dealkylation sites (tertiary alicyclic amines) is 1. The van der Waals surface area contributed by atoms with E-state index in [1.165, 1.54) is 48.4 Å². The molecular formula is C23H21F2N5O2S. The van der Waals surface area contributed by atoms with E-state index in [-0.39, 0.29) is 34.8 Å². The van der Waals surface area contributed by atoms with Crippen LogP contribution >= 0.6 is 11.8 Å². The molecule has 0 spiro atoms. The number of thioether (sulfide) groups is 1. The summed E-state index contributed by atoms with van der Waals surface area (Å²) in [6, 6.07) is 3.78. The summed E-state index contributed by atoms with van der Waals surface area (Å²) < 4.78 is 34.1. The number of amidine groups is 1. The molecule has 3 atom stereocenters. The molecule has 0 radical (unpaired) electrons. The van der Waals surface area contributed by atoms with Crippen LogP contribution in [0.3, 0.4) is 0 Å². The van der Waals surface area contributed by atoms with Gasteiger partial charge in [-0.05, 0) is 37.6 Å². The molecule has 2 aromatic rings. The predicted octanol–water partition coefficient (Wildman–Crippen LogP) is 2.97. The van der Waals surface area contributed by atoms with Crippen molar-refractivity contribution < 1.29 is 18.3 Å². The largest absolute Gasteiger partial charge is 0.463 e. The monoisotopic (exact) mass is 469 g/mol. The molecule has 10 heteroatoms. The van der Waals surface area contributed by atoms with E-state index in [9.17, 15) is 9.18 Å². The van der Waals surface area contributed by atoms with Gasteiger partial charge >= 0.3 is 0 Å². The van der Waals surface area contributed by atoms with Gasteiger partial charge in [-0.15, -0.1) is 6.42 Å². The second-order valence-corrected chi connectivity index (χ2v) is 9.56. The van der Waals surface area contributed by atoms with Gasteiger partial charge in [-0.1, -0.05) is 23.7 Å². The van der Waals surface area contributed by atoms with Gasteiger partial charge in [-0.25, -0.2) is 23.7 Å². The first-order chi connectivity index (χ1) is 15.6. The number of fused-ring (bicyclic) bond motifs is 1. The lowest BCUT2D eigenvalue weighted by Crippen LogP contribution is -2.76. The average Bonchev–Trinajstić information content (AvgIpc) is 2.78. The zero-order valence-corrected chi connectivity index (χ0v) is 19.0. The minimum atomic E-state index is -1.15. The molecule has 1 aromatic carbocycles. The van der Waals surface area contributed by atoms with Gasteiger partial charge in [0.05, 0.1) is 18.4 Å². The van der Waals surface area contributed by atoms with Gasteiger partial charge in [-0.2, -0.15) is 0 Å². The zero-order valence-electron chi connectivity index (χ0n) is 18.2. The first kappa shape index (κ1) is 22.7. The van der Waals surface area contributed by atoms with Crippen LogP contribution in [0.4, 0.5) is 8.78 Å². The summed E-state index contributed by atoms with van der Waals surface area (Å²) >= 11 is 1.18. The molecule has 33 heavy (non-hydrogen) atoms. The molecule has 3 heterocycles. The minimum Gasteiger partial charge on any atom is -0.463 e. The van der Waals surface area contributed by atoms with Crippen molar-refractivity contribution in [2.75, 3.05) is 13.7 Å². The quantitative estimate of drug-likeness (QED) is 0.535. The number of carbonyl (C=O) groups is 1. The second-order valence-electron chi connectivity index (χ2n) is 8.09. The van der Waals surface area contributed by atoms with Crippen molar-refractivity contribution in [3.05, 3.63) is 53.2 Å². The molecule has 0 aliphatic carbocycles. The molecule has 170 valence electrons. The third kappa shape index (κ3) is 3.72. The summed E-state index contributed by atoms with van der Waals surface area (Å²) in [5, 5.41) is 0.201. The molecule has 2 aliphatic heterocycles. The Kier molecular flexibility index (Phi) is 5.62. The number of nitrogens with zero attached hydrogens (tertiary/aromatic N) is 4. The van der Waals surface area contributed by atoms with E-state index in [4.69, 9.17) is 16.9 Å². The number of amides is 1. The molecule has 0 unspecified atom stereocenters. The number of benzene rings is 1. The fourth-order valence-corrected chi connectivity index (χ4v) is 5.91. The van der Waals surface area contributed by atoms with Crippen molar-refractivity contribution in [2.45, 2.75) is 30.2 Å². The lowest BCUT2D eigenvalue weighted by Gasteiger charge is -2.60. The molecule has 1 saturated heterocycles. The number of halogens is 2. The van der Waals surface area contributed by atoms with Crippen LogP contribution in [-0.2, 0) is 10.3 Å². The van der Waals surface area contributed by atoms with Crippen LogP contribution < -0.4 is 10.5 Å². The van der Waals surface area contributed by atoms with Gasteiger partial charge in [0.15, 0.2) is 17.6 Å². The molecule has 2 N–H and O–H groups in total. The van der Waals surface area contributed by atoms with E-state index in [2.05, 4.69) is 20.9 Å². The molecule has 1 aromatic heterocycles. The number of nitrogens with two attached hydrogens (primary N) is 1. The van der Waals surface area contributed by atoms with Crippen LogP contribution in [0.5, 0.6) is 5.88 Å². The number of hydrogen-bond donors (Lipinski definition) is 1. The molecule has 0 bridgehead atoms. The third-order valence-corrected chi connectivity index (χ3v) is 6.97. The number of aromatic nitrogens is 2. The van der Waals surface area contributed by atoms with Crippen molar-refractivity contribution in [1.82, 2.24) is 14.9 Å². The second kappa shape index (κ2) is 8.15. The lowest BCUT2D eigenvalue weighted by molar-refractivity contribution is -0.152. The van der Waals surface area contributed by atoms with Crippen LogP contribution in [0.1, 0.15) is 30.7 Å². The van der Waals surface area contributed by atoms with E-state index in [1.807, 2.05) is 0 Å². The van der Waals surface area contributed by atoms with Crippen molar-refractivity contribution in [3.63, 3.8) is 0 Å². The van der Waals surface area contributed by atoms with Gasteiger partial charge in [0.2, 0.25) is 11.8 Å². The summed E-state index contributed by atoms with van der Waals surface area (Å²) in [4.78, 5) is 26.5. The van der Waals surface area contributed by atoms with Gasteiger partial charge in [0.25, 0.3) is 0 Å². The van der Waals surface area contributed by atoms with E-state index >= 15 is 4.39 Å². The summed E-state index contributed by atoms with van der Waals surface area (Å²) in [6.07, 6.45) is 8.82. The van der Waals surface area contributed by atoms with Crippen LogP contribution in [0.2, 0.25) is 0 Å². The Balaban J connectivity index is 1.69. The number of rotatable bonds is 5. The molecular weight excluding hydrogens is 448 g/mol. The maximum Gasteiger partial charge on any atom is 0.241 e.